The van der Waals surface area contributed by atoms with E-state index in [1.807, 2.05) is 24.3 Å². The monoisotopic (exact) mass is 327 g/mol. The van der Waals surface area contributed by atoms with Gasteiger partial charge in [0.1, 0.15) is 5.82 Å². The van der Waals surface area contributed by atoms with Crippen LogP contribution < -0.4 is 5.73 Å². The molecular weight excluding hydrogens is 317 g/mol. The van der Waals surface area contributed by atoms with Crippen LogP contribution in [0, 0.1) is 5.82 Å². The van der Waals surface area contributed by atoms with E-state index in [0.717, 1.165) is 11.1 Å². The zero-order valence-electron chi connectivity index (χ0n) is 9.54. The summed E-state index contributed by atoms with van der Waals surface area (Å²) in [5.41, 5.74) is 7.83. The highest BCUT2D eigenvalue weighted by Crippen LogP contribution is 2.27. The van der Waals surface area contributed by atoms with Gasteiger partial charge in [0, 0.05) is 11.1 Å². The molecule has 2 aromatic carbocycles. The Labute approximate surface area is 119 Å². The molecule has 1 atom stereocenters. The van der Waals surface area contributed by atoms with Gasteiger partial charge in [-0.05, 0) is 45.6 Å². The third-order valence-electron chi connectivity index (χ3n) is 2.78. The van der Waals surface area contributed by atoms with Gasteiger partial charge >= 0.3 is 0 Å². The Morgan fingerprint density at radius 1 is 1.17 bits per heavy atom. The van der Waals surface area contributed by atoms with E-state index in [4.69, 9.17) is 17.3 Å². The highest BCUT2D eigenvalue weighted by atomic mass is 79.9. The van der Waals surface area contributed by atoms with E-state index in [1.54, 1.807) is 12.1 Å². The molecule has 0 bridgehead atoms. The molecule has 0 aliphatic carbocycles. The van der Waals surface area contributed by atoms with Gasteiger partial charge < -0.3 is 5.73 Å². The van der Waals surface area contributed by atoms with Crippen molar-refractivity contribution in [2.24, 2.45) is 5.73 Å². The van der Waals surface area contributed by atoms with Crippen molar-refractivity contribution < 1.29 is 4.39 Å². The van der Waals surface area contributed by atoms with Crippen LogP contribution in [0.3, 0.4) is 0 Å². The van der Waals surface area contributed by atoms with Gasteiger partial charge in [-0.15, -0.1) is 0 Å². The van der Waals surface area contributed by atoms with Crippen molar-refractivity contribution in [2.75, 3.05) is 0 Å². The minimum absolute atomic E-state index is 0.253. The maximum atomic E-state index is 13.4. The first-order chi connectivity index (χ1) is 8.59. The molecule has 0 saturated carbocycles. The lowest BCUT2D eigenvalue weighted by Crippen LogP contribution is -2.14. The van der Waals surface area contributed by atoms with E-state index in [9.17, 15) is 4.39 Å². The van der Waals surface area contributed by atoms with Crippen LogP contribution in [0.25, 0.3) is 0 Å². The molecule has 0 amide bonds. The molecule has 0 saturated heterocycles. The summed E-state index contributed by atoms with van der Waals surface area (Å²) in [5.74, 6) is -0.279. The van der Waals surface area contributed by atoms with E-state index in [-0.39, 0.29) is 11.9 Å². The fraction of sp³-hybridized carbons (Fsp3) is 0.143. The number of hydrogen-bond donors (Lipinski definition) is 1. The SMILES string of the molecule is NC(Cc1cccc(F)c1Br)c1ccccc1Cl. The Morgan fingerprint density at radius 3 is 2.61 bits per heavy atom. The molecule has 2 rings (SSSR count). The maximum absolute atomic E-state index is 13.4. The first-order valence-corrected chi connectivity index (χ1v) is 6.69. The summed E-state index contributed by atoms with van der Waals surface area (Å²) in [6.45, 7) is 0. The van der Waals surface area contributed by atoms with E-state index in [0.29, 0.717) is 15.9 Å². The average Bonchev–Trinajstić information content (AvgIpc) is 2.35. The van der Waals surface area contributed by atoms with E-state index in [2.05, 4.69) is 15.9 Å². The van der Waals surface area contributed by atoms with Gasteiger partial charge in [-0.1, -0.05) is 41.9 Å². The van der Waals surface area contributed by atoms with Crippen LogP contribution in [0.4, 0.5) is 4.39 Å². The second kappa shape index (κ2) is 5.83. The Kier molecular flexibility index (Phi) is 4.38. The molecule has 4 heteroatoms. The van der Waals surface area contributed by atoms with Crippen molar-refractivity contribution in [1.29, 1.82) is 0 Å². The van der Waals surface area contributed by atoms with E-state index >= 15 is 0 Å². The van der Waals surface area contributed by atoms with Crippen LogP contribution in [-0.4, -0.2) is 0 Å². The number of nitrogens with two attached hydrogens (primary N) is 1. The van der Waals surface area contributed by atoms with E-state index < -0.39 is 0 Å². The minimum atomic E-state index is -0.279. The molecule has 0 aliphatic rings. The fourth-order valence-electron chi connectivity index (χ4n) is 1.83. The quantitative estimate of drug-likeness (QED) is 0.883. The summed E-state index contributed by atoms with van der Waals surface area (Å²) in [4.78, 5) is 0. The average molecular weight is 329 g/mol. The third kappa shape index (κ3) is 2.91. The largest absolute Gasteiger partial charge is 0.324 e. The Hall–Kier alpha value is -0.900. The molecule has 1 nitrogen and oxygen atoms in total. The van der Waals surface area contributed by atoms with Crippen LogP contribution in [0.15, 0.2) is 46.9 Å². The fourth-order valence-corrected chi connectivity index (χ4v) is 2.53. The van der Waals surface area contributed by atoms with Gasteiger partial charge in [0.05, 0.1) is 4.47 Å². The van der Waals surface area contributed by atoms with Gasteiger partial charge in [0.25, 0.3) is 0 Å². The molecule has 18 heavy (non-hydrogen) atoms. The lowest BCUT2D eigenvalue weighted by atomic mass is 9.99. The molecule has 0 radical (unpaired) electrons. The lowest BCUT2D eigenvalue weighted by Gasteiger charge is -2.14. The predicted molar refractivity (Wildman–Crippen MR) is 76.2 cm³/mol. The lowest BCUT2D eigenvalue weighted by molar-refractivity contribution is 0.614. The molecule has 0 spiro atoms. The maximum Gasteiger partial charge on any atom is 0.137 e. The summed E-state index contributed by atoms with van der Waals surface area (Å²) in [5, 5.41) is 0.637. The van der Waals surface area contributed by atoms with Gasteiger partial charge in [-0.3, -0.25) is 0 Å². The Bertz CT molecular complexity index is 559. The topological polar surface area (TPSA) is 26.0 Å². The van der Waals surface area contributed by atoms with Crippen molar-refractivity contribution in [2.45, 2.75) is 12.5 Å². The molecule has 2 N–H and O–H groups in total. The zero-order chi connectivity index (χ0) is 13.1. The van der Waals surface area contributed by atoms with Crippen molar-refractivity contribution in [1.82, 2.24) is 0 Å². The van der Waals surface area contributed by atoms with Crippen LogP contribution in [-0.2, 0) is 6.42 Å². The molecule has 0 aliphatic heterocycles. The van der Waals surface area contributed by atoms with Crippen molar-refractivity contribution in [3.63, 3.8) is 0 Å². The van der Waals surface area contributed by atoms with Crippen molar-refractivity contribution in [3.05, 3.63) is 68.9 Å². The number of benzene rings is 2. The van der Waals surface area contributed by atoms with Crippen molar-refractivity contribution in [3.8, 4) is 0 Å². The van der Waals surface area contributed by atoms with Crippen molar-refractivity contribution >= 4 is 27.5 Å². The third-order valence-corrected chi connectivity index (χ3v) is 4.01. The Morgan fingerprint density at radius 2 is 1.89 bits per heavy atom. The second-order valence-corrected chi connectivity index (χ2v) is 5.25. The van der Waals surface area contributed by atoms with Crippen LogP contribution in [0.5, 0.6) is 0 Å². The summed E-state index contributed by atoms with van der Waals surface area (Å²) in [7, 11) is 0. The summed E-state index contributed by atoms with van der Waals surface area (Å²) in [6, 6.07) is 12.1. The molecule has 0 heterocycles. The summed E-state index contributed by atoms with van der Waals surface area (Å²) < 4.78 is 13.9. The van der Waals surface area contributed by atoms with Gasteiger partial charge in [0.15, 0.2) is 0 Å². The van der Waals surface area contributed by atoms with Crippen LogP contribution in [0.1, 0.15) is 17.2 Å². The Balaban J connectivity index is 2.24. The summed E-state index contributed by atoms with van der Waals surface area (Å²) in [6.07, 6.45) is 0.530. The molecule has 94 valence electrons. The number of hydrogen-bond acceptors (Lipinski definition) is 1. The van der Waals surface area contributed by atoms with Gasteiger partial charge in [-0.25, -0.2) is 4.39 Å². The smallest absolute Gasteiger partial charge is 0.137 e. The van der Waals surface area contributed by atoms with Gasteiger partial charge in [0.2, 0.25) is 0 Å². The standard InChI is InChI=1S/C14H12BrClFN/c15-14-9(4-3-7-12(14)17)8-13(18)10-5-1-2-6-11(10)16/h1-7,13H,8,18H2. The van der Waals surface area contributed by atoms with Crippen LogP contribution in [0.2, 0.25) is 5.02 Å². The zero-order valence-corrected chi connectivity index (χ0v) is 11.9. The molecule has 0 fully saturated rings. The molecular formula is C14H12BrClFN. The predicted octanol–water partition coefficient (Wildman–Crippen LogP) is 4.48. The van der Waals surface area contributed by atoms with Crippen LogP contribution >= 0.6 is 27.5 Å². The normalized spacial score (nSPS) is 12.4. The highest BCUT2D eigenvalue weighted by Gasteiger charge is 2.13. The molecule has 0 aromatic heterocycles. The highest BCUT2D eigenvalue weighted by molar-refractivity contribution is 9.10. The van der Waals surface area contributed by atoms with Gasteiger partial charge in [-0.2, -0.15) is 0 Å². The number of halogens is 3. The molecule has 1 unspecified atom stereocenters. The second-order valence-electron chi connectivity index (χ2n) is 4.05. The minimum Gasteiger partial charge on any atom is -0.324 e. The summed E-state index contributed by atoms with van der Waals surface area (Å²) >= 11 is 9.33. The number of rotatable bonds is 3. The first kappa shape index (κ1) is 13.5. The van der Waals surface area contributed by atoms with E-state index in [1.165, 1.54) is 6.07 Å². The molecule has 2 aromatic rings. The first-order valence-electron chi connectivity index (χ1n) is 5.52.